The van der Waals surface area contributed by atoms with Crippen LogP contribution in [0.5, 0.6) is 0 Å². The molecular formula is C15H12Cl3NO4S. The highest BCUT2D eigenvalue weighted by atomic mass is 35.5. The van der Waals surface area contributed by atoms with Crippen LogP contribution in [-0.4, -0.2) is 49.7 Å². The number of esters is 1. The molecule has 2 aromatic rings. The number of nitrogens with zero attached hydrogens (tertiary/aromatic N) is 1. The molecule has 1 aliphatic rings. The van der Waals surface area contributed by atoms with E-state index in [9.17, 15) is 9.59 Å². The van der Waals surface area contributed by atoms with Gasteiger partial charge in [0.1, 0.15) is 4.88 Å². The second kappa shape index (κ2) is 7.45. The van der Waals surface area contributed by atoms with Crippen LogP contribution in [0.25, 0.3) is 10.1 Å². The Morgan fingerprint density at radius 1 is 1.21 bits per heavy atom. The van der Waals surface area contributed by atoms with Crippen LogP contribution in [0.4, 0.5) is 0 Å². The summed E-state index contributed by atoms with van der Waals surface area (Å²) in [5.41, 5.74) is 0. The fourth-order valence-corrected chi connectivity index (χ4v) is 4.60. The molecule has 128 valence electrons. The topological polar surface area (TPSA) is 55.8 Å². The summed E-state index contributed by atoms with van der Waals surface area (Å²) in [4.78, 5) is 26.1. The van der Waals surface area contributed by atoms with E-state index < -0.39 is 5.97 Å². The molecule has 3 rings (SSSR count). The van der Waals surface area contributed by atoms with Crippen LogP contribution in [0.2, 0.25) is 15.1 Å². The number of fused-ring (bicyclic) bond motifs is 1. The van der Waals surface area contributed by atoms with Crippen molar-refractivity contribution in [3.05, 3.63) is 32.1 Å². The first-order valence-corrected chi connectivity index (χ1v) is 9.02. The molecule has 5 nitrogen and oxygen atoms in total. The van der Waals surface area contributed by atoms with E-state index in [1.165, 1.54) is 0 Å². The molecule has 1 aromatic carbocycles. The van der Waals surface area contributed by atoms with E-state index in [0.29, 0.717) is 46.4 Å². The Kier molecular flexibility index (Phi) is 5.52. The van der Waals surface area contributed by atoms with Crippen LogP contribution >= 0.6 is 46.1 Å². The summed E-state index contributed by atoms with van der Waals surface area (Å²) in [6.45, 7) is 1.63. The van der Waals surface area contributed by atoms with Crippen LogP contribution in [0.3, 0.4) is 0 Å². The number of rotatable bonds is 3. The van der Waals surface area contributed by atoms with Gasteiger partial charge >= 0.3 is 5.97 Å². The summed E-state index contributed by atoms with van der Waals surface area (Å²) in [5, 5.41) is 1.58. The lowest BCUT2D eigenvalue weighted by Gasteiger charge is -2.26. The van der Waals surface area contributed by atoms with Gasteiger partial charge in [-0.3, -0.25) is 4.79 Å². The molecule has 0 N–H and O–H groups in total. The minimum atomic E-state index is -0.657. The second-order valence-electron chi connectivity index (χ2n) is 5.08. The maximum atomic E-state index is 12.3. The van der Waals surface area contributed by atoms with Gasteiger partial charge in [0, 0.05) is 28.2 Å². The highest BCUT2D eigenvalue weighted by molar-refractivity contribution is 7.21. The first-order valence-electron chi connectivity index (χ1n) is 7.07. The van der Waals surface area contributed by atoms with E-state index in [1.807, 2.05) is 0 Å². The van der Waals surface area contributed by atoms with Crippen molar-refractivity contribution in [2.45, 2.75) is 0 Å². The van der Waals surface area contributed by atoms with Gasteiger partial charge in [0.05, 0.1) is 23.3 Å². The molecule has 1 aromatic heterocycles. The number of hydrogen-bond donors (Lipinski definition) is 0. The second-order valence-corrected chi connectivity index (χ2v) is 7.35. The largest absolute Gasteiger partial charge is 0.451 e. The normalized spacial score (nSPS) is 14.9. The summed E-state index contributed by atoms with van der Waals surface area (Å²) < 4.78 is 11.0. The number of ether oxygens (including phenoxy) is 2. The van der Waals surface area contributed by atoms with Crippen molar-refractivity contribution in [2.24, 2.45) is 0 Å². The van der Waals surface area contributed by atoms with Gasteiger partial charge in [-0.1, -0.05) is 34.8 Å². The fourth-order valence-electron chi connectivity index (χ4n) is 2.34. The fraction of sp³-hybridized carbons (Fsp3) is 0.333. The average Bonchev–Trinajstić information content (AvgIpc) is 2.90. The Labute approximate surface area is 157 Å². The molecule has 0 saturated carbocycles. The van der Waals surface area contributed by atoms with E-state index in [4.69, 9.17) is 44.3 Å². The number of amides is 1. The maximum absolute atomic E-state index is 12.3. The van der Waals surface area contributed by atoms with Crippen molar-refractivity contribution in [2.75, 3.05) is 32.9 Å². The Balaban J connectivity index is 1.73. The van der Waals surface area contributed by atoms with Crippen LogP contribution < -0.4 is 0 Å². The highest BCUT2D eigenvalue weighted by Crippen LogP contribution is 2.41. The third kappa shape index (κ3) is 3.63. The summed E-state index contributed by atoms with van der Waals surface area (Å²) in [6, 6.07) is 3.23. The first-order chi connectivity index (χ1) is 11.5. The monoisotopic (exact) mass is 407 g/mol. The molecule has 24 heavy (non-hydrogen) atoms. The number of carbonyl (C=O) groups is 2. The maximum Gasteiger partial charge on any atom is 0.350 e. The molecule has 0 bridgehead atoms. The Morgan fingerprint density at radius 3 is 2.62 bits per heavy atom. The van der Waals surface area contributed by atoms with Crippen molar-refractivity contribution in [1.29, 1.82) is 0 Å². The van der Waals surface area contributed by atoms with Crippen molar-refractivity contribution >= 4 is 68.1 Å². The minimum Gasteiger partial charge on any atom is -0.451 e. The molecule has 1 amide bonds. The van der Waals surface area contributed by atoms with Gasteiger partial charge < -0.3 is 14.4 Å². The number of hydrogen-bond acceptors (Lipinski definition) is 5. The predicted molar refractivity (Wildman–Crippen MR) is 94.5 cm³/mol. The molecule has 1 aliphatic heterocycles. The minimum absolute atomic E-state index is 0.200. The number of halogens is 3. The third-order valence-electron chi connectivity index (χ3n) is 3.53. The molecule has 0 atom stereocenters. The standard InChI is InChI=1S/C15H12Cl3NO4S/c16-8-5-9(17)12-10(6-8)24-14(13(12)18)15(21)23-7-11(20)19-1-3-22-4-2-19/h5-6H,1-4,7H2. The molecule has 9 heteroatoms. The SMILES string of the molecule is O=C(OCC(=O)N1CCOCC1)c1sc2cc(Cl)cc(Cl)c2c1Cl. The lowest BCUT2D eigenvalue weighted by molar-refractivity contribution is -0.138. The van der Waals surface area contributed by atoms with E-state index in [-0.39, 0.29) is 22.4 Å². The van der Waals surface area contributed by atoms with Gasteiger partial charge in [0.15, 0.2) is 6.61 Å². The molecule has 0 aliphatic carbocycles. The van der Waals surface area contributed by atoms with Crippen LogP contribution in [0, 0.1) is 0 Å². The van der Waals surface area contributed by atoms with Gasteiger partial charge in [-0.15, -0.1) is 11.3 Å². The highest BCUT2D eigenvalue weighted by Gasteiger charge is 2.23. The molecule has 1 saturated heterocycles. The molecule has 1 fully saturated rings. The Hall–Kier alpha value is -1.05. The number of thiophene rings is 1. The van der Waals surface area contributed by atoms with Gasteiger partial charge in [-0.2, -0.15) is 0 Å². The number of carbonyl (C=O) groups excluding carboxylic acids is 2. The summed E-state index contributed by atoms with van der Waals surface area (Å²) in [7, 11) is 0. The molecular weight excluding hydrogens is 397 g/mol. The number of benzene rings is 1. The quantitative estimate of drug-likeness (QED) is 0.723. The molecule has 0 spiro atoms. The smallest absolute Gasteiger partial charge is 0.350 e. The molecule has 0 radical (unpaired) electrons. The van der Waals surface area contributed by atoms with E-state index >= 15 is 0 Å². The predicted octanol–water partition coefficient (Wildman–Crippen LogP) is 3.88. The average molecular weight is 409 g/mol. The van der Waals surface area contributed by atoms with Crippen molar-refractivity contribution in [3.8, 4) is 0 Å². The van der Waals surface area contributed by atoms with Gasteiger partial charge in [-0.25, -0.2) is 4.79 Å². The molecule has 0 unspecified atom stereocenters. The zero-order chi connectivity index (χ0) is 17.3. The Bertz CT molecular complexity index is 802. The summed E-state index contributed by atoms with van der Waals surface area (Å²) >= 11 is 19.5. The lowest BCUT2D eigenvalue weighted by atomic mass is 10.2. The van der Waals surface area contributed by atoms with Crippen molar-refractivity contribution < 1.29 is 19.1 Å². The van der Waals surface area contributed by atoms with Crippen LogP contribution in [-0.2, 0) is 14.3 Å². The van der Waals surface area contributed by atoms with Crippen molar-refractivity contribution in [3.63, 3.8) is 0 Å². The Morgan fingerprint density at radius 2 is 1.92 bits per heavy atom. The zero-order valence-corrected chi connectivity index (χ0v) is 15.4. The lowest BCUT2D eigenvalue weighted by Crippen LogP contribution is -2.42. The first kappa shape index (κ1) is 17.8. The molecule has 2 heterocycles. The van der Waals surface area contributed by atoms with Crippen LogP contribution in [0.1, 0.15) is 9.67 Å². The van der Waals surface area contributed by atoms with E-state index in [0.717, 1.165) is 11.3 Å². The van der Waals surface area contributed by atoms with Crippen molar-refractivity contribution in [1.82, 2.24) is 4.90 Å². The number of morpholine rings is 1. The van der Waals surface area contributed by atoms with Gasteiger partial charge in [0.25, 0.3) is 5.91 Å². The third-order valence-corrected chi connectivity index (χ3v) is 5.65. The van der Waals surface area contributed by atoms with E-state index in [2.05, 4.69) is 0 Å². The summed E-state index contributed by atoms with van der Waals surface area (Å²) in [6.07, 6.45) is 0. The zero-order valence-electron chi connectivity index (χ0n) is 12.3. The van der Waals surface area contributed by atoms with E-state index in [1.54, 1.807) is 17.0 Å². The van der Waals surface area contributed by atoms with Gasteiger partial charge in [-0.05, 0) is 12.1 Å². The summed E-state index contributed by atoms with van der Waals surface area (Å²) in [5.74, 6) is -0.917. The van der Waals surface area contributed by atoms with Gasteiger partial charge in [0.2, 0.25) is 0 Å². The van der Waals surface area contributed by atoms with Crippen LogP contribution in [0.15, 0.2) is 12.1 Å².